The van der Waals surface area contributed by atoms with Gasteiger partial charge in [-0.1, -0.05) is 12.1 Å². The van der Waals surface area contributed by atoms with Crippen molar-refractivity contribution in [1.29, 1.82) is 0 Å². The fourth-order valence-electron chi connectivity index (χ4n) is 1.08. The van der Waals surface area contributed by atoms with Crippen LogP contribution in [0.15, 0.2) is 24.3 Å². The first-order chi connectivity index (χ1) is 7.90. The van der Waals surface area contributed by atoms with Crippen LogP contribution in [0.1, 0.15) is 5.56 Å². The second-order valence-electron chi connectivity index (χ2n) is 3.12. The third-order valence-corrected chi connectivity index (χ3v) is 1.84. The number of nitrogens with one attached hydrogen (secondary N) is 2. The Morgan fingerprint density at radius 2 is 1.88 bits per heavy atom. The van der Waals surface area contributed by atoms with Crippen LogP contribution in [0.5, 0.6) is 5.75 Å². The molecule has 94 valence electrons. The smallest absolute Gasteiger partial charge is 0.406 e. The van der Waals surface area contributed by atoms with Crippen molar-refractivity contribution in [3.05, 3.63) is 29.8 Å². The summed E-state index contributed by atoms with van der Waals surface area (Å²) >= 11 is 0. The molecule has 0 spiro atoms. The van der Waals surface area contributed by atoms with Crippen molar-refractivity contribution in [1.82, 2.24) is 10.6 Å². The van der Waals surface area contributed by atoms with Crippen LogP contribution >= 0.6 is 0 Å². The quantitative estimate of drug-likeness (QED) is 0.859. The Morgan fingerprint density at radius 3 is 2.35 bits per heavy atom. The number of ether oxygens (including phenoxy) is 1. The Morgan fingerprint density at radius 1 is 1.29 bits per heavy atom. The van der Waals surface area contributed by atoms with Gasteiger partial charge in [-0.05, 0) is 17.7 Å². The molecule has 4 nitrogen and oxygen atoms in total. The first-order valence-corrected chi connectivity index (χ1v) is 4.71. The molecule has 0 unspecified atom stereocenters. The molecule has 2 N–H and O–H groups in total. The van der Waals surface area contributed by atoms with E-state index in [1.165, 1.54) is 31.3 Å². The summed E-state index contributed by atoms with van der Waals surface area (Å²) in [6.45, 7) is 0.228. The van der Waals surface area contributed by atoms with Gasteiger partial charge < -0.3 is 15.4 Å². The number of amides is 2. The Hall–Kier alpha value is -1.92. The number of halogens is 3. The zero-order valence-electron chi connectivity index (χ0n) is 8.97. The summed E-state index contributed by atoms with van der Waals surface area (Å²) in [5.74, 6) is -0.291. The summed E-state index contributed by atoms with van der Waals surface area (Å²) in [6, 6.07) is 4.90. The second-order valence-corrected chi connectivity index (χ2v) is 3.12. The van der Waals surface area contributed by atoms with Gasteiger partial charge in [0.2, 0.25) is 0 Å². The van der Waals surface area contributed by atoms with Gasteiger partial charge in [0.25, 0.3) is 0 Å². The van der Waals surface area contributed by atoms with E-state index < -0.39 is 6.36 Å². The minimum atomic E-state index is -4.69. The maximum Gasteiger partial charge on any atom is 0.573 e. The van der Waals surface area contributed by atoms with Gasteiger partial charge in [0.15, 0.2) is 0 Å². The van der Waals surface area contributed by atoms with Gasteiger partial charge in [0.1, 0.15) is 5.75 Å². The van der Waals surface area contributed by atoms with Gasteiger partial charge in [-0.25, -0.2) is 4.79 Å². The third-order valence-electron chi connectivity index (χ3n) is 1.84. The molecule has 0 atom stereocenters. The number of alkyl halides is 3. The van der Waals surface area contributed by atoms with Gasteiger partial charge in [0.05, 0.1) is 0 Å². The fourth-order valence-corrected chi connectivity index (χ4v) is 1.08. The van der Waals surface area contributed by atoms with E-state index in [-0.39, 0.29) is 18.3 Å². The minimum Gasteiger partial charge on any atom is -0.406 e. The molecule has 0 fully saturated rings. The predicted molar refractivity (Wildman–Crippen MR) is 54.4 cm³/mol. The molecule has 1 aromatic carbocycles. The molecule has 0 radical (unpaired) electrons. The Bertz CT molecular complexity index is 376. The fraction of sp³-hybridized carbons (Fsp3) is 0.300. The van der Waals surface area contributed by atoms with E-state index in [1.807, 2.05) is 0 Å². The molecule has 0 aliphatic heterocycles. The monoisotopic (exact) mass is 248 g/mol. The SMILES string of the molecule is CNC(=O)NCc1ccc(OC(F)(F)F)cc1. The molecular formula is C10H11F3N2O2. The molecule has 1 aromatic rings. The Balaban J connectivity index is 2.53. The number of carbonyl (C=O) groups excluding carboxylic acids is 1. The number of hydrogen-bond acceptors (Lipinski definition) is 2. The summed E-state index contributed by atoms with van der Waals surface area (Å²) in [4.78, 5) is 10.8. The topological polar surface area (TPSA) is 50.4 Å². The molecule has 0 aromatic heterocycles. The van der Waals surface area contributed by atoms with Gasteiger partial charge in [-0.15, -0.1) is 13.2 Å². The van der Waals surface area contributed by atoms with Crippen molar-refractivity contribution in [2.24, 2.45) is 0 Å². The van der Waals surface area contributed by atoms with Crippen LogP contribution in [0.3, 0.4) is 0 Å². The van der Waals surface area contributed by atoms with Crippen molar-refractivity contribution in [2.75, 3.05) is 7.05 Å². The van der Waals surface area contributed by atoms with E-state index in [9.17, 15) is 18.0 Å². The summed E-state index contributed by atoms with van der Waals surface area (Å²) in [5.41, 5.74) is 0.670. The molecule has 0 heterocycles. The number of rotatable bonds is 3. The largest absolute Gasteiger partial charge is 0.573 e. The van der Waals surface area contributed by atoms with Crippen molar-refractivity contribution < 1.29 is 22.7 Å². The summed E-state index contributed by atoms with van der Waals surface area (Å²) in [7, 11) is 1.47. The molecule has 1 rings (SSSR count). The molecular weight excluding hydrogens is 237 g/mol. The highest BCUT2D eigenvalue weighted by molar-refractivity contribution is 5.73. The number of carbonyl (C=O) groups is 1. The van der Waals surface area contributed by atoms with Crippen molar-refractivity contribution in [3.8, 4) is 5.75 Å². The number of hydrogen-bond donors (Lipinski definition) is 2. The first-order valence-electron chi connectivity index (χ1n) is 4.71. The molecule has 0 saturated carbocycles. The van der Waals surface area contributed by atoms with Gasteiger partial charge in [-0.3, -0.25) is 0 Å². The van der Waals surface area contributed by atoms with Crippen LogP contribution < -0.4 is 15.4 Å². The molecule has 2 amide bonds. The van der Waals surface area contributed by atoms with E-state index in [0.717, 1.165) is 0 Å². The van der Waals surface area contributed by atoms with Crippen molar-refractivity contribution in [2.45, 2.75) is 12.9 Å². The van der Waals surface area contributed by atoms with Crippen LogP contribution in [-0.2, 0) is 6.54 Å². The molecule has 7 heteroatoms. The highest BCUT2D eigenvalue weighted by atomic mass is 19.4. The summed E-state index contributed by atoms with van der Waals surface area (Å²) < 4.78 is 39.3. The zero-order chi connectivity index (χ0) is 12.9. The van der Waals surface area contributed by atoms with Crippen molar-refractivity contribution >= 4 is 6.03 Å². The number of benzene rings is 1. The van der Waals surface area contributed by atoms with Crippen LogP contribution in [-0.4, -0.2) is 19.4 Å². The lowest BCUT2D eigenvalue weighted by Crippen LogP contribution is -2.32. The lowest BCUT2D eigenvalue weighted by molar-refractivity contribution is -0.274. The Kier molecular flexibility index (Phi) is 4.19. The van der Waals surface area contributed by atoms with Crippen LogP contribution in [0.4, 0.5) is 18.0 Å². The first kappa shape index (κ1) is 13.1. The third kappa shape index (κ3) is 5.10. The molecule has 17 heavy (non-hydrogen) atoms. The lowest BCUT2D eigenvalue weighted by Gasteiger charge is -2.09. The molecule has 0 bridgehead atoms. The Labute approximate surface area is 95.8 Å². The predicted octanol–water partition coefficient (Wildman–Crippen LogP) is 2.01. The van der Waals surface area contributed by atoms with Crippen molar-refractivity contribution in [3.63, 3.8) is 0 Å². The number of urea groups is 1. The highest BCUT2D eigenvalue weighted by Gasteiger charge is 2.30. The maximum atomic E-state index is 11.9. The summed E-state index contributed by atoms with van der Waals surface area (Å²) in [5, 5.41) is 4.86. The normalized spacial score (nSPS) is 10.8. The molecule has 0 aliphatic rings. The average Bonchev–Trinajstić information content (AvgIpc) is 2.25. The second kappa shape index (κ2) is 5.42. The molecule has 0 saturated heterocycles. The van der Waals surface area contributed by atoms with Crippen LogP contribution in [0.2, 0.25) is 0 Å². The van der Waals surface area contributed by atoms with Crippen LogP contribution in [0.25, 0.3) is 0 Å². The maximum absolute atomic E-state index is 11.9. The lowest BCUT2D eigenvalue weighted by atomic mass is 10.2. The minimum absolute atomic E-state index is 0.228. The van der Waals surface area contributed by atoms with E-state index in [0.29, 0.717) is 5.56 Å². The van der Waals surface area contributed by atoms with E-state index in [1.54, 1.807) is 0 Å². The zero-order valence-corrected chi connectivity index (χ0v) is 8.97. The van der Waals surface area contributed by atoms with Gasteiger partial charge >= 0.3 is 12.4 Å². The van der Waals surface area contributed by atoms with E-state index in [2.05, 4.69) is 15.4 Å². The van der Waals surface area contributed by atoms with Gasteiger partial charge in [0, 0.05) is 13.6 Å². The van der Waals surface area contributed by atoms with Gasteiger partial charge in [-0.2, -0.15) is 0 Å². The van der Waals surface area contributed by atoms with Crippen LogP contribution in [0, 0.1) is 0 Å². The standard InChI is InChI=1S/C10H11F3N2O2/c1-14-9(16)15-6-7-2-4-8(5-3-7)17-10(11,12)13/h2-5H,6H2,1H3,(H2,14,15,16). The van der Waals surface area contributed by atoms with E-state index >= 15 is 0 Å². The highest BCUT2D eigenvalue weighted by Crippen LogP contribution is 2.22. The molecule has 0 aliphatic carbocycles. The van der Waals surface area contributed by atoms with E-state index in [4.69, 9.17) is 0 Å². The summed E-state index contributed by atoms with van der Waals surface area (Å²) in [6.07, 6.45) is -4.69. The average molecular weight is 248 g/mol.